The summed E-state index contributed by atoms with van der Waals surface area (Å²) in [5.74, 6) is -0.564. The molecule has 3 aliphatic rings. The number of carbonyl (C=O) groups excluding carboxylic acids is 4. The van der Waals surface area contributed by atoms with Crippen LogP contribution in [0.4, 0.5) is 5.69 Å². The van der Waals surface area contributed by atoms with Gasteiger partial charge in [-0.2, -0.15) is 0 Å². The minimum Gasteiger partial charge on any atom is -0.325 e. The van der Waals surface area contributed by atoms with Gasteiger partial charge in [-0.05, 0) is 62.3 Å². The van der Waals surface area contributed by atoms with Crippen molar-refractivity contribution >= 4 is 29.2 Å². The van der Waals surface area contributed by atoms with Crippen molar-refractivity contribution in [3.05, 3.63) is 29.8 Å². The summed E-state index contributed by atoms with van der Waals surface area (Å²) in [5.41, 5.74) is 1.10. The van der Waals surface area contributed by atoms with Crippen LogP contribution in [-0.4, -0.2) is 34.9 Å². The van der Waals surface area contributed by atoms with Gasteiger partial charge in [-0.15, -0.1) is 0 Å². The summed E-state index contributed by atoms with van der Waals surface area (Å²) in [6, 6.07) is 6.53. The first-order valence-corrected chi connectivity index (χ1v) is 8.72. The Hall–Kier alpha value is -2.50. The van der Waals surface area contributed by atoms with Crippen LogP contribution in [0, 0.1) is 23.7 Å². The highest BCUT2D eigenvalue weighted by Gasteiger charge is 2.60. The molecule has 1 aliphatic heterocycles. The second-order valence-electron chi connectivity index (χ2n) is 7.33. The lowest BCUT2D eigenvalue weighted by atomic mass is 9.81. The lowest BCUT2D eigenvalue weighted by Crippen LogP contribution is -2.39. The Balaban J connectivity index is 1.42. The number of amides is 3. The zero-order valence-electron chi connectivity index (χ0n) is 14.0. The maximum atomic E-state index is 12.6. The number of carbonyl (C=O) groups is 4. The first kappa shape index (κ1) is 16.0. The molecule has 1 saturated heterocycles. The Morgan fingerprint density at radius 3 is 2.12 bits per heavy atom. The number of anilines is 1. The molecule has 1 aromatic carbocycles. The highest BCUT2D eigenvalue weighted by atomic mass is 16.2. The van der Waals surface area contributed by atoms with E-state index in [9.17, 15) is 19.2 Å². The number of Topliss-reactive ketones (excluding diaryl/α,β-unsaturated/α-hetero) is 1. The molecule has 4 rings (SSSR count). The zero-order valence-corrected chi connectivity index (χ0v) is 14.0. The van der Waals surface area contributed by atoms with Crippen molar-refractivity contribution in [3.63, 3.8) is 0 Å². The molecule has 1 aromatic rings. The van der Waals surface area contributed by atoms with Gasteiger partial charge in [0.05, 0.1) is 11.8 Å². The summed E-state index contributed by atoms with van der Waals surface area (Å²) in [5, 5.41) is 2.68. The van der Waals surface area contributed by atoms with E-state index in [1.807, 2.05) is 0 Å². The van der Waals surface area contributed by atoms with Crippen molar-refractivity contribution in [2.24, 2.45) is 23.7 Å². The molecule has 2 bridgehead atoms. The van der Waals surface area contributed by atoms with Gasteiger partial charge < -0.3 is 5.32 Å². The average molecular weight is 340 g/mol. The van der Waals surface area contributed by atoms with Gasteiger partial charge in [-0.25, -0.2) is 0 Å². The Bertz CT molecular complexity index is 742. The van der Waals surface area contributed by atoms with Crippen molar-refractivity contribution in [1.82, 2.24) is 4.90 Å². The number of likely N-dealkylation sites (tertiary alicyclic amines) is 1. The van der Waals surface area contributed by atoms with Crippen LogP contribution >= 0.6 is 0 Å². The summed E-state index contributed by atoms with van der Waals surface area (Å²) in [6.07, 6.45) is 3.02. The maximum Gasteiger partial charge on any atom is 0.244 e. The number of hydrogen-bond donors (Lipinski definition) is 1. The Morgan fingerprint density at radius 2 is 1.60 bits per heavy atom. The lowest BCUT2D eigenvalue weighted by Gasteiger charge is -2.19. The lowest BCUT2D eigenvalue weighted by molar-refractivity contribution is -0.143. The van der Waals surface area contributed by atoms with E-state index in [4.69, 9.17) is 0 Å². The zero-order chi connectivity index (χ0) is 17.7. The Labute approximate surface area is 145 Å². The number of hydrogen-bond acceptors (Lipinski definition) is 4. The SMILES string of the molecule is CC(=O)c1ccc(NC(=O)CN2C(=O)[C@@H]3[C@H]4CC[C@H](C4)[C@@H]3C2=O)cc1. The van der Waals surface area contributed by atoms with E-state index in [-0.39, 0.29) is 36.0 Å². The molecular weight excluding hydrogens is 320 g/mol. The van der Waals surface area contributed by atoms with Crippen molar-refractivity contribution < 1.29 is 19.2 Å². The largest absolute Gasteiger partial charge is 0.325 e. The molecule has 3 fully saturated rings. The number of imide groups is 1. The summed E-state index contributed by atoms with van der Waals surface area (Å²) in [6.45, 7) is 1.24. The predicted octanol–water partition coefficient (Wildman–Crippen LogP) is 1.86. The second kappa shape index (κ2) is 5.79. The number of nitrogens with one attached hydrogen (secondary N) is 1. The normalized spacial score (nSPS) is 29.9. The first-order chi connectivity index (χ1) is 12.0. The third kappa shape index (κ3) is 2.56. The van der Waals surface area contributed by atoms with E-state index in [1.165, 1.54) is 6.92 Å². The minimum atomic E-state index is -0.399. The van der Waals surface area contributed by atoms with E-state index in [1.54, 1.807) is 24.3 Å². The van der Waals surface area contributed by atoms with Gasteiger partial charge in [0.15, 0.2) is 5.78 Å². The van der Waals surface area contributed by atoms with Crippen LogP contribution in [0.3, 0.4) is 0 Å². The third-order valence-corrected chi connectivity index (χ3v) is 5.90. The summed E-state index contributed by atoms with van der Waals surface area (Å²) in [7, 11) is 0. The highest BCUT2D eigenvalue weighted by Crippen LogP contribution is 2.56. The van der Waals surface area contributed by atoms with Gasteiger partial charge in [0.25, 0.3) is 0 Å². The van der Waals surface area contributed by atoms with Crippen LogP contribution in [0.2, 0.25) is 0 Å². The van der Waals surface area contributed by atoms with Crippen molar-refractivity contribution in [2.45, 2.75) is 26.2 Å². The number of benzene rings is 1. The fourth-order valence-corrected chi connectivity index (χ4v) is 4.76. The van der Waals surface area contributed by atoms with Gasteiger partial charge in [-0.1, -0.05) is 0 Å². The molecular formula is C19H20N2O4. The van der Waals surface area contributed by atoms with Crippen molar-refractivity contribution in [1.29, 1.82) is 0 Å². The van der Waals surface area contributed by atoms with Crippen LogP contribution < -0.4 is 5.32 Å². The molecule has 25 heavy (non-hydrogen) atoms. The number of rotatable bonds is 4. The van der Waals surface area contributed by atoms with Gasteiger partial charge in [0, 0.05) is 11.3 Å². The fourth-order valence-electron chi connectivity index (χ4n) is 4.76. The molecule has 6 heteroatoms. The predicted molar refractivity (Wildman–Crippen MR) is 89.6 cm³/mol. The molecule has 1 heterocycles. The number of nitrogens with zero attached hydrogens (tertiary/aromatic N) is 1. The van der Waals surface area contributed by atoms with Gasteiger partial charge in [-0.3, -0.25) is 24.1 Å². The van der Waals surface area contributed by atoms with Crippen LogP contribution in [0.1, 0.15) is 36.5 Å². The van der Waals surface area contributed by atoms with Gasteiger partial charge in [0.2, 0.25) is 17.7 Å². The van der Waals surface area contributed by atoms with Gasteiger partial charge >= 0.3 is 0 Å². The Kier molecular flexibility index (Phi) is 3.71. The molecule has 1 N–H and O–H groups in total. The molecule has 0 aromatic heterocycles. The Morgan fingerprint density at radius 1 is 1.04 bits per heavy atom. The van der Waals surface area contributed by atoms with Crippen LogP contribution in [0.15, 0.2) is 24.3 Å². The molecule has 3 amide bonds. The summed E-state index contributed by atoms with van der Waals surface area (Å²) >= 11 is 0. The van der Waals surface area contributed by atoms with Crippen LogP contribution in [0.5, 0.6) is 0 Å². The second-order valence-corrected chi connectivity index (χ2v) is 7.33. The molecule has 0 spiro atoms. The van der Waals surface area contributed by atoms with Crippen LogP contribution in [-0.2, 0) is 14.4 Å². The van der Waals surface area contributed by atoms with E-state index in [0.29, 0.717) is 23.1 Å². The standard InChI is InChI=1S/C19H20N2O4/c1-10(22)11-4-6-14(7-5-11)20-15(23)9-21-18(24)16-12-2-3-13(8-12)17(16)19(21)25/h4-7,12-13,16-17H,2-3,8-9H2,1H3,(H,20,23)/t12-,13+,16+,17-. The summed E-state index contributed by atoms with van der Waals surface area (Å²) < 4.78 is 0. The van der Waals surface area contributed by atoms with Crippen molar-refractivity contribution in [2.75, 3.05) is 11.9 Å². The quantitative estimate of drug-likeness (QED) is 0.670. The van der Waals surface area contributed by atoms with Gasteiger partial charge in [0.1, 0.15) is 6.54 Å². The topological polar surface area (TPSA) is 83.6 Å². The number of ketones is 1. The van der Waals surface area contributed by atoms with Crippen molar-refractivity contribution in [3.8, 4) is 0 Å². The molecule has 4 atom stereocenters. The molecule has 130 valence electrons. The van der Waals surface area contributed by atoms with E-state index in [2.05, 4.69) is 5.32 Å². The molecule has 0 unspecified atom stereocenters. The highest BCUT2D eigenvalue weighted by molar-refractivity contribution is 6.09. The smallest absolute Gasteiger partial charge is 0.244 e. The number of fused-ring (bicyclic) bond motifs is 5. The third-order valence-electron chi connectivity index (χ3n) is 5.90. The van der Waals surface area contributed by atoms with E-state index < -0.39 is 5.91 Å². The van der Waals surface area contributed by atoms with E-state index >= 15 is 0 Å². The van der Waals surface area contributed by atoms with Crippen LogP contribution in [0.25, 0.3) is 0 Å². The average Bonchev–Trinajstić information content (AvgIpc) is 3.25. The molecule has 0 radical (unpaired) electrons. The minimum absolute atomic E-state index is 0.0488. The fraction of sp³-hybridized carbons (Fsp3) is 0.474. The monoisotopic (exact) mass is 340 g/mol. The molecule has 6 nitrogen and oxygen atoms in total. The molecule has 2 saturated carbocycles. The molecule has 2 aliphatic carbocycles. The van der Waals surface area contributed by atoms with E-state index in [0.717, 1.165) is 24.2 Å². The maximum absolute atomic E-state index is 12.6. The first-order valence-electron chi connectivity index (χ1n) is 8.72. The summed E-state index contributed by atoms with van der Waals surface area (Å²) in [4.78, 5) is 49.8.